The first-order valence-corrected chi connectivity index (χ1v) is 12.4. The van der Waals surface area contributed by atoms with Crippen LogP contribution in [0.5, 0.6) is 5.75 Å². The van der Waals surface area contributed by atoms with Gasteiger partial charge in [0.05, 0.1) is 16.6 Å². The number of aryl methyl sites for hydroxylation is 1. The predicted molar refractivity (Wildman–Crippen MR) is 144 cm³/mol. The van der Waals surface area contributed by atoms with Crippen LogP contribution in [-0.4, -0.2) is 22.5 Å². The summed E-state index contributed by atoms with van der Waals surface area (Å²) in [6.45, 7) is 6.85. The second kappa shape index (κ2) is 10.2. The van der Waals surface area contributed by atoms with Crippen LogP contribution in [0, 0.1) is 19.7 Å². The van der Waals surface area contributed by atoms with Gasteiger partial charge in [-0.1, -0.05) is 29.8 Å². The van der Waals surface area contributed by atoms with Gasteiger partial charge in [0.15, 0.2) is 0 Å². The number of nitrogens with zero attached hydrogens (tertiary/aromatic N) is 3. The Morgan fingerprint density at radius 1 is 1.08 bits per heavy atom. The zero-order valence-corrected chi connectivity index (χ0v) is 21.5. The number of hydrogen-bond acceptors (Lipinski definition) is 6. The molecule has 8 heteroatoms. The van der Waals surface area contributed by atoms with Crippen LogP contribution in [0.4, 0.5) is 21.8 Å². The summed E-state index contributed by atoms with van der Waals surface area (Å²) in [7, 11) is 0. The average Bonchev–Trinajstić information content (AvgIpc) is 2.88. The molecule has 188 valence electrons. The molecule has 1 aliphatic rings. The number of benzene rings is 3. The van der Waals surface area contributed by atoms with E-state index in [4.69, 9.17) is 21.3 Å². The van der Waals surface area contributed by atoms with Crippen molar-refractivity contribution in [3.63, 3.8) is 0 Å². The van der Waals surface area contributed by atoms with Gasteiger partial charge in [0.25, 0.3) is 0 Å². The number of carbonyl (C=O) groups excluding carboxylic acids is 1. The van der Waals surface area contributed by atoms with E-state index in [1.54, 1.807) is 36.4 Å². The van der Waals surface area contributed by atoms with E-state index in [1.807, 2.05) is 32.0 Å². The third kappa shape index (κ3) is 5.13. The number of anilines is 3. The van der Waals surface area contributed by atoms with Gasteiger partial charge in [-0.25, -0.2) is 14.2 Å². The van der Waals surface area contributed by atoms with Gasteiger partial charge in [-0.05, 0) is 86.8 Å². The fraction of sp³-hybridized carbons (Fsp3) is 0.207. The number of halogens is 2. The fourth-order valence-electron chi connectivity index (χ4n) is 4.56. The molecule has 0 saturated heterocycles. The standard InChI is InChI=1S/C29H26ClFN4O2/c1-17-18(2)32-29(33-22-10-8-21(31)9-11-22)34-27(17)35-15-14-20-16-23(12-13-24(20)19(35)3)37-28(36)25-6-4-5-7-26(25)30/h4-13,16,19H,14-15H2,1-3H3,(H,32,33,34). The molecule has 0 saturated carbocycles. The lowest BCUT2D eigenvalue weighted by Gasteiger charge is -2.37. The zero-order valence-electron chi connectivity index (χ0n) is 20.8. The summed E-state index contributed by atoms with van der Waals surface area (Å²) in [5.74, 6) is 1.03. The summed E-state index contributed by atoms with van der Waals surface area (Å²) in [6.07, 6.45) is 0.764. The topological polar surface area (TPSA) is 67.3 Å². The smallest absolute Gasteiger partial charge is 0.345 e. The lowest BCUT2D eigenvalue weighted by molar-refractivity contribution is 0.0735. The maximum absolute atomic E-state index is 13.3. The van der Waals surface area contributed by atoms with Crippen LogP contribution >= 0.6 is 11.6 Å². The van der Waals surface area contributed by atoms with Gasteiger partial charge < -0.3 is 15.0 Å². The van der Waals surface area contributed by atoms with Crippen molar-refractivity contribution in [2.75, 3.05) is 16.8 Å². The second-order valence-corrected chi connectivity index (χ2v) is 9.47. The van der Waals surface area contributed by atoms with E-state index in [-0.39, 0.29) is 11.9 Å². The molecule has 0 fully saturated rings. The fourth-order valence-corrected chi connectivity index (χ4v) is 4.77. The monoisotopic (exact) mass is 516 g/mol. The van der Waals surface area contributed by atoms with Crippen LogP contribution in [0.2, 0.25) is 5.02 Å². The third-order valence-corrected chi connectivity index (χ3v) is 7.02. The highest BCUT2D eigenvalue weighted by atomic mass is 35.5. The number of aromatic nitrogens is 2. The Kier molecular flexibility index (Phi) is 6.80. The van der Waals surface area contributed by atoms with E-state index in [0.29, 0.717) is 28.0 Å². The number of nitrogens with one attached hydrogen (secondary N) is 1. The molecular formula is C29H26ClFN4O2. The van der Waals surface area contributed by atoms with E-state index in [2.05, 4.69) is 22.1 Å². The van der Waals surface area contributed by atoms with Gasteiger partial charge in [-0.2, -0.15) is 4.98 Å². The lowest BCUT2D eigenvalue weighted by atomic mass is 9.93. The van der Waals surface area contributed by atoms with E-state index in [1.165, 1.54) is 12.1 Å². The summed E-state index contributed by atoms with van der Waals surface area (Å²) in [5.41, 5.74) is 5.20. The first-order valence-electron chi connectivity index (χ1n) is 12.0. The third-order valence-electron chi connectivity index (χ3n) is 6.69. The normalized spacial score (nSPS) is 14.7. The average molecular weight is 517 g/mol. The molecule has 0 amide bonds. The van der Waals surface area contributed by atoms with Crippen molar-refractivity contribution < 1.29 is 13.9 Å². The molecule has 0 aliphatic carbocycles. The number of esters is 1. The predicted octanol–water partition coefficient (Wildman–Crippen LogP) is 6.97. The highest BCUT2D eigenvalue weighted by Gasteiger charge is 2.28. The first-order chi connectivity index (χ1) is 17.8. The molecule has 3 aromatic carbocycles. The lowest BCUT2D eigenvalue weighted by Crippen LogP contribution is -2.35. The maximum atomic E-state index is 13.3. The van der Waals surface area contributed by atoms with Crippen molar-refractivity contribution in [3.05, 3.63) is 106 Å². The second-order valence-electron chi connectivity index (χ2n) is 9.06. The number of fused-ring (bicyclic) bond motifs is 1. The molecule has 6 nitrogen and oxygen atoms in total. The van der Waals surface area contributed by atoms with Gasteiger partial charge in [-0.15, -0.1) is 0 Å². The van der Waals surface area contributed by atoms with E-state index >= 15 is 0 Å². The largest absolute Gasteiger partial charge is 0.423 e. The SMILES string of the molecule is Cc1nc(Nc2ccc(F)cc2)nc(N2CCc3cc(OC(=O)c4ccccc4Cl)ccc3C2C)c1C. The Hall–Kier alpha value is -3.97. The molecule has 0 spiro atoms. The Balaban J connectivity index is 1.38. The zero-order chi connectivity index (χ0) is 26.1. The molecular weight excluding hydrogens is 491 g/mol. The Morgan fingerprint density at radius 3 is 2.59 bits per heavy atom. The first kappa shape index (κ1) is 24.7. The Labute approximate surface area is 220 Å². The maximum Gasteiger partial charge on any atom is 0.345 e. The molecule has 1 N–H and O–H groups in total. The molecule has 1 aliphatic heterocycles. The van der Waals surface area contributed by atoms with E-state index in [9.17, 15) is 9.18 Å². The quantitative estimate of drug-likeness (QED) is 0.228. The van der Waals surface area contributed by atoms with Crippen molar-refractivity contribution in [2.45, 2.75) is 33.2 Å². The van der Waals surface area contributed by atoms with Crippen molar-refractivity contribution in [2.24, 2.45) is 0 Å². The number of hydrogen-bond donors (Lipinski definition) is 1. The van der Waals surface area contributed by atoms with Crippen LogP contribution in [-0.2, 0) is 6.42 Å². The van der Waals surface area contributed by atoms with Crippen molar-refractivity contribution >= 4 is 35.0 Å². The van der Waals surface area contributed by atoms with Crippen molar-refractivity contribution in [1.29, 1.82) is 0 Å². The van der Waals surface area contributed by atoms with Gasteiger partial charge in [0.2, 0.25) is 5.95 Å². The van der Waals surface area contributed by atoms with Gasteiger partial charge in [-0.3, -0.25) is 0 Å². The van der Waals surface area contributed by atoms with E-state index in [0.717, 1.165) is 41.2 Å². The summed E-state index contributed by atoms with van der Waals surface area (Å²) in [6, 6.07) is 18.7. The highest BCUT2D eigenvalue weighted by Crippen LogP contribution is 2.37. The molecule has 1 aromatic heterocycles. The molecule has 2 heterocycles. The van der Waals surface area contributed by atoms with Crippen LogP contribution in [0.25, 0.3) is 0 Å². The molecule has 37 heavy (non-hydrogen) atoms. The Morgan fingerprint density at radius 2 is 1.84 bits per heavy atom. The van der Waals surface area contributed by atoms with E-state index < -0.39 is 5.97 Å². The van der Waals surface area contributed by atoms with Crippen molar-refractivity contribution in [3.8, 4) is 5.75 Å². The van der Waals surface area contributed by atoms with Gasteiger partial charge in [0, 0.05) is 23.5 Å². The minimum atomic E-state index is -0.482. The number of carbonyl (C=O) groups is 1. The van der Waals surface area contributed by atoms with Gasteiger partial charge >= 0.3 is 5.97 Å². The number of ether oxygens (including phenoxy) is 1. The number of rotatable bonds is 5. The molecule has 1 unspecified atom stereocenters. The van der Waals surface area contributed by atoms with Crippen molar-refractivity contribution in [1.82, 2.24) is 9.97 Å². The summed E-state index contributed by atoms with van der Waals surface area (Å²) >= 11 is 6.14. The van der Waals surface area contributed by atoms with Crippen LogP contribution in [0.1, 0.15) is 45.7 Å². The molecule has 0 radical (unpaired) electrons. The van der Waals surface area contributed by atoms with Gasteiger partial charge in [0.1, 0.15) is 17.4 Å². The van der Waals surface area contributed by atoms with Crippen LogP contribution < -0.4 is 15.0 Å². The summed E-state index contributed by atoms with van der Waals surface area (Å²) in [5, 5.41) is 3.54. The molecule has 0 bridgehead atoms. The molecule has 5 rings (SSSR count). The molecule has 4 aromatic rings. The van der Waals surface area contributed by atoms with Crippen LogP contribution in [0.3, 0.4) is 0 Å². The highest BCUT2D eigenvalue weighted by molar-refractivity contribution is 6.33. The minimum Gasteiger partial charge on any atom is -0.423 e. The summed E-state index contributed by atoms with van der Waals surface area (Å²) < 4.78 is 18.9. The summed E-state index contributed by atoms with van der Waals surface area (Å²) in [4.78, 5) is 24.3. The van der Waals surface area contributed by atoms with Crippen LogP contribution in [0.15, 0.2) is 66.7 Å². The minimum absolute atomic E-state index is 0.0451. The molecule has 1 atom stereocenters. The Bertz CT molecular complexity index is 1480.